The third-order valence-electron chi connectivity index (χ3n) is 2.49. The molecule has 5 heteroatoms. The van der Waals surface area contributed by atoms with Crippen LogP contribution >= 0.6 is 0 Å². The zero-order valence-electron chi connectivity index (χ0n) is 9.27. The molecule has 3 atom stereocenters. The Morgan fingerprint density at radius 2 is 2.33 bits per heavy atom. The number of nitrogens with zero attached hydrogens (tertiary/aromatic N) is 2. The first kappa shape index (κ1) is 12.0. The van der Waals surface area contributed by atoms with Crippen molar-refractivity contribution in [3.8, 4) is 6.07 Å². The van der Waals surface area contributed by atoms with E-state index >= 15 is 0 Å². The predicted octanol–water partition coefficient (Wildman–Crippen LogP) is 0.161. The average molecular weight is 212 g/mol. The summed E-state index contributed by atoms with van der Waals surface area (Å²) in [5, 5.41) is 8.81. The van der Waals surface area contributed by atoms with Crippen molar-refractivity contribution in [3.05, 3.63) is 0 Å². The Morgan fingerprint density at radius 1 is 1.67 bits per heavy atom. The average Bonchev–Trinajstić information content (AvgIpc) is 2.26. The lowest BCUT2D eigenvalue weighted by atomic mass is 10.2. The normalized spacial score (nSPS) is 29.2. The molecule has 1 aliphatic rings. The Bertz CT molecular complexity index is 274. The number of hydrogen-bond acceptors (Lipinski definition) is 5. The summed E-state index contributed by atoms with van der Waals surface area (Å²) in [7, 11) is 1.34. The van der Waals surface area contributed by atoms with E-state index in [4.69, 9.17) is 10.00 Å². The fourth-order valence-electron chi connectivity index (χ4n) is 1.64. The van der Waals surface area contributed by atoms with Crippen LogP contribution in [0, 0.1) is 11.3 Å². The van der Waals surface area contributed by atoms with Crippen molar-refractivity contribution >= 4 is 5.97 Å². The first-order valence-electron chi connectivity index (χ1n) is 4.95. The summed E-state index contributed by atoms with van der Waals surface area (Å²) in [6.45, 7) is 4.78. The Kier molecular flexibility index (Phi) is 4.06. The van der Waals surface area contributed by atoms with Crippen LogP contribution in [-0.2, 0) is 14.3 Å². The summed E-state index contributed by atoms with van der Waals surface area (Å²) in [6.07, 6.45) is -0.631. The quantitative estimate of drug-likeness (QED) is 0.610. The molecule has 0 aromatic rings. The molecule has 15 heavy (non-hydrogen) atoms. The Morgan fingerprint density at radius 3 is 2.87 bits per heavy atom. The standard InChI is InChI=1S/C10H16N2O3/c1-7(4-11)12-5-8(2)15-9(6-12)10(13)14-3/h7-9H,5-6H2,1-3H3/t7-,8+,9-/m0/s1. The summed E-state index contributed by atoms with van der Waals surface area (Å²) >= 11 is 0. The molecule has 0 bridgehead atoms. The number of morpholine rings is 1. The summed E-state index contributed by atoms with van der Waals surface area (Å²) in [5.74, 6) is -0.378. The molecule has 0 aromatic heterocycles. The third-order valence-corrected chi connectivity index (χ3v) is 2.49. The van der Waals surface area contributed by atoms with Crippen molar-refractivity contribution in [2.75, 3.05) is 20.2 Å². The van der Waals surface area contributed by atoms with E-state index in [-0.39, 0.29) is 18.1 Å². The van der Waals surface area contributed by atoms with Gasteiger partial charge >= 0.3 is 5.97 Å². The smallest absolute Gasteiger partial charge is 0.336 e. The molecule has 0 saturated carbocycles. The molecular weight excluding hydrogens is 196 g/mol. The zero-order valence-corrected chi connectivity index (χ0v) is 9.27. The first-order chi connectivity index (χ1) is 7.08. The molecular formula is C10H16N2O3. The van der Waals surface area contributed by atoms with Gasteiger partial charge in [-0.15, -0.1) is 0 Å². The third kappa shape index (κ3) is 2.91. The molecule has 1 fully saturated rings. The van der Waals surface area contributed by atoms with E-state index in [0.29, 0.717) is 13.1 Å². The number of rotatable bonds is 2. The van der Waals surface area contributed by atoms with Crippen molar-refractivity contribution in [2.45, 2.75) is 32.1 Å². The predicted molar refractivity (Wildman–Crippen MR) is 53.0 cm³/mol. The van der Waals surface area contributed by atoms with Gasteiger partial charge in [-0.1, -0.05) is 0 Å². The van der Waals surface area contributed by atoms with Crippen LogP contribution in [0.25, 0.3) is 0 Å². The summed E-state index contributed by atoms with van der Waals surface area (Å²) in [6, 6.07) is 1.95. The van der Waals surface area contributed by atoms with Gasteiger partial charge in [-0.2, -0.15) is 5.26 Å². The van der Waals surface area contributed by atoms with Crippen LogP contribution in [0.2, 0.25) is 0 Å². The van der Waals surface area contributed by atoms with Gasteiger partial charge in [0.15, 0.2) is 6.10 Å². The van der Waals surface area contributed by atoms with Crippen LogP contribution in [0.3, 0.4) is 0 Å². The van der Waals surface area contributed by atoms with E-state index in [1.54, 1.807) is 0 Å². The zero-order chi connectivity index (χ0) is 11.4. The molecule has 0 N–H and O–H groups in total. The van der Waals surface area contributed by atoms with Gasteiger partial charge < -0.3 is 9.47 Å². The number of carbonyl (C=O) groups excluding carboxylic acids is 1. The Balaban J connectivity index is 2.64. The molecule has 0 aliphatic carbocycles. The van der Waals surface area contributed by atoms with Crippen LogP contribution in [0.1, 0.15) is 13.8 Å². The van der Waals surface area contributed by atoms with Gasteiger partial charge in [0.2, 0.25) is 0 Å². The fraction of sp³-hybridized carbons (Fsp3) is 0.800. The number of esters is 1. The number of ether oxygens (including phenoxy) is 2. The van der Waals surface area contributed by atoms with Gasteiger partial charge in [0.1, 0.15) is 0 Å². The topological polar surface area (TPSA) is 62.6 Å². The maximum atomic E-state index is 11.3. The molecule has 1 rings (SSSR count). The van der Waals surface area contributed by atoms with Crippen molar-refractivity contribution in [1.82, 2.24) is 4.90 Å². The molecule has 0 spiro atoms. The van der Waals surface area contributed by atoms with Crippen LogP contribution in [0.5, 0.6) is 0 Å². The Labute approximate surface area is 89.6 Å². The number of methoxy groups -OCH3 is 1. The molecule has 0 radical (unpaired) electrons. The van der Waals surface area contributed by atoms with Crippen molar-refractivity contribution in [3.63, 3.8) is 0 Å². The van der Waals surface area contributed by atoms with Gasteiger partial charge in [-0.05, 0) is 13.8 Å². The van der Waals surface area contributed by atoms with E-state index < -0.39 is 6.10 Å². The fourth-order valence-corrected chi connectivity index (χ4v) is 1.64. The molecule has 0 amide bonds. The van der Waals surface area contributed by atoms with Crippen LogP contribution in [0.4, 0.5) is 0 Å². The summed E-state index contributed by atoms with van der Waals surface area (Å²) in [5.41, 5.74) is 0. The second kappa shape index (κ2) is 5.10. The van der Waals surface area contributed by atoms with Crippen molar-refractivity contribution in [2.24, 2.45) is 0 Å². The van der Waals surface area contributed by atoms with E-state index in [9.17, 15) is 4.79 Å². The highest BCUT2D eigenvalue weighted by molar-refractivity contribution is 5.75. The minimum atomic E-state index is -0.574. The van der Waals surface area contributed by atoms with Gasteiger partial charge in [0.05, 0.1) is 25.3 Å². The second-order valence-corrected chi connectivity index (χ2v) is 3.72. The number of hydrogen-bond donors (Lipinski definition) is 0. The largest absolute Gasteiger partial charge is 0.467 e. The lowest BCUT2D eigenvalue weighted by Gasteiger charge is -2.36. The molecule has 5 nitrogen and oxygen atoms in total. The maximum absolute atomic E-state index is 11.3. The molecule has 1 aliphatic heterocycles. The van der Waals surface area contributed by atoms with Crippen LogP contribution in [-0.4, -0.2) is 49.3 Å². The van der Waals surface area contributed by atoms with E-state index in [0.717, 1.165) is 0 Å². The lowest BCUT2D eigenvalue weighted by molar-refractivity contribution is -0.166. The maximum Gasteiger partial charge on any atom is 0.336 e. The highest BCUT2D eigenvalue weighted by Crippen LogP contribution is 2.14. The van der Waals surface area contributed by atoms with Gasteiger partial charge in [0, 0.05) is 13.1 Å². The van der Waals surface area contributed by atoms with E-state index in [1.165, 1.54) is 7.11 Å². The van der Waals surface area contributed by atoms with Crippen LogP contribution < -0.4 is 0 Å². The van der Waals surface area contributed by atoms with Gasteiger partial charge in [0.25, 0.3) is 0 Å². The first-order valence-corrected chi connectivity index (χ1v) is 4.95. The molecule has 0 aromatic carbocycles. The lowest BCUT2D eigenvalue weighted by Crippen LogP contribution is -2.52. The van der Waals surface area contributed by atoms with Gasteiger partial charge in [-0.25, -0.2) is 4.79 Å². The Hall–Kier alpha value is -1.12. The highest BCUT2D eigenvalue weighted by atomic mass is 16.6. The molecule has 1 saturated heterocycles. The molecule has 1 heterocycles. The summed E-state index contributed by atoms with van der Waals surface area (Å²) < 4.78 is 10.1. The van der Waals surface area contributed by atoms with Crippen LogP contribution in [0.15, 0.2) is 0 Å². The number of nitriles is 1. The molecule has 84 valence electrons. The van der Waals surface area contributed by atoms with E-state index in [2.05, 4.69) is 10.8 Å². The van der Waals surface area contributed by atoms with E-state index in [1.807, 2.05) is 18.7 Å². The van der Waals surface area contributed by atoms with Crippen molar-refractivity contribution in [1.29, 1.82) is 5.26 Å². The second-order valence-electron chi connectivity index (χ2n) is 3.72. The highest BCUT2D eigenvalue weighted by Gasteiger charge is 2.32. The van der Waals surface area contributed by atoms with Crippen molar-refractivity contribution < 1.29 is 14.3 Å². The minimum Gasteiger partial charge on any atom is -0.467 e. The van der Waals surface area contributed by atoms with Gasteiger partial charge in [-0.3, -0.25) is 4.90 Å². The number of carbonyl (C=O) groups is 1. The SMILES string of the molecule is COC(=O)[C@@H]1CN([C@@H](C)C#N)C[C@@H](C)O1. The molecule has 0 unspecified atom stereocenters. The monoisotopic (exact) mass is 212 g/mol. The minimum absolute atomic E-state index is 0.0568. The summed E-state index contributed by atoms with van der Waals surface area (Å²) in [4.78, 5) is 13.2.